The third-order valence-corrected chi connectivity index (χ3v) is 4.72. The topological polar surface area (TPSA) is 55.0 Å². The molecule has 0 spiro atoms. The normalized spacial score (nSPS) is 14.0. The first-order valence-electron chi connectivity index (χ1n) is 8.72. The van der Waals surface area contributed by atoms with Gasteiger partial charge < -0.3 is 10.6 Å². The van der Waals surface area contributed by atoms with Crippen LogP contribution in [0.4, 0.5) is 11.8 Å². The number of aryl methyl sites for hydroxylation is 2. The number of aromatic nitrogens is 2. The zero-order valence-corrected chi connectivity index (χ0v) is 14.4. The van der Waals surface area contributed by atoms with E-state index in [1.807, 2.05) is 6.07 Å². The highest BCUT2D eigenvalue weighted by Crippen LogP contribution is 2.27. The second-order valence-corrected chi connectivity index (χ2v) is 6.63. The Hall–Kier alpha value is -2.88. The Kier molecular flexibility index (Phi) is 4.10. The number of fused-ring (bicyclic) bond motifs is 1. The molecule has 0 fully saturated rings. The van der Waals surface area contributed by atoms with Gasteiger partial charge in [-0.2, -0.15) is 4.98 Å². The zero-order valence-electron chi connectivity index (χ0n) is 14.4. The van der Waals surface area contributed by atoms with Crippen molar-refractivity contribution in [2.45, 2.75) is 26.3 Å². The van der Waals surface area contributed by atoms with Crippen LogP contribution in [0.25, 0.3) is 11.3 Å². The molecule has 1 aromatic heterocycles. The highest BCUT2D eigenvalue weighted by atomic mass is 15.2. The lowest BCUT2D eigenvalue weighted by molar-refractivity contribution is 0.754. The summed E-state index contributed by atoms with van der Waals surface area (Å²) in [6, 6.07) is 19.0. The minimum atomic E-state index is 0.325. The highest BCUT2D eigenvalue weighted by Gasteiger charge is 2.17. The predicted octanol–water partition coefficient (Wildman–Crippen LogP) is 3.99. The van der Waals surface area contributed by atoms with E-state index in [-0.39, 0.29) is 0 Å². The van der Waals surface area contributed by atoms with Crippen molar-refractivity contribution in [1.29, 1.82) is 0 Å². The molecular formula is C21H22N4. The standard InChI is InChI=1S/C21H22N4/c1-15-6-4-9-17(12-15)19-13-20(24-21(22)23-19)25-11-5-10-16-7-2-3-8-18(16)14-25/h2-4,6-9,12-13H,5,10-11,14H2,1H3,(H2,22,23,24). The minimum absolute atomic E-state index is 0.325. The lowest BCUT2D eigenvalue weighted by Crippen LogP contribution is -2.24. The third-order valence-electron chi connectivity index (χ3n) is 4.72. The highest BCUT2D eigenvalue weighted by molar-refractivity contribution is 5.65. The predicted molar refractivity (Wildman–Crippen MR) is 102 cm³/mol. The first-order valence-corrected chi connectivity index (χ1v) is 8.72. The largest absolute Gasteiger partial charge is 0.368 e. The van der Waals surface area contributed by atoms with Crippen LogP contribution in [-0.2, 0) is 13.0 Å². The van der Waals surface area contributed by atoms with Crippen LogP contribution < -0.4 is 10.6 Å². The molecule has 0 atom stereocenters. The van der Waals surface area contributed by atoms with E-state index in [4.69, 9.17) is 5.73 Å². The minimum Gasteiger partial charge on any atom is -0.368 e. The van der Waals surface area contributed by atoms with Gasteiger partial charge in [-0.1, -0.05) is 48.0 Å². The van der Waals surface area contributed by atoms with Crippen LogP contribution in [-0.4, -0.2) is 16.5 Å². The number of hydrogen-bond acceptors (Lipinski definition) is 4. The Labute approximate surface area is 148 Å². The molecule has 25 heavy (non-hydrogen) atoms. The van der Waals surface area contributed by atoms with E-state index in [2.05, 4.69) is 70.3 Å². The fraction of sp³-hybridized carbons (Fsp3) is 0.238. The van der Waals surface area contributed by atoms with Crippen molar-refractivity contribution in [2.24, 2.45) is 0 Å². The molecule has 0 bridgehead atoms. The summed E-state index contributed by atoms with van der Waals surface area (Å²) in [7, 11) is 0. The molecule has 0 radical (unpaired) electrons. The van der Waals surface area contributed by atoms with Crippen LogP contribution in [0, 0.1) is 6.92 Å². The van der Waals surface area contributed by atoms with Crippen molar-refractivity contribution in [2.75, 3.05) is 17.2 Å². The molecule has 1 aliphatic heterocycles. The summed E-state index contributed by atoms with van der Waals surface area (Å²) in [6.45, 7) is 3.92. The number of anilines is 2. The molecule has 0 aliphatic carbocycles. The maximum absolute atomic E-state index is 6.03. The van der Waals surface area contributed by atoms with Crippen molar-refractivity contribution in [3.05, 3.63) is 71.3 Å². The summed E-state index contributed by atoms with van der Waals surface area (Å²) in [6.07, 6.45) is 2.22. The maximum atomic E-state index is 6.03. The molecule has 4 nitrogen and oxygen atoms in total. The van der Waals surface area contributed by atoms with Crippen LogP contribution in [0.15, 0.2) is 54.6 Å². The molecule has 4 rings (SSSR count). The van der Waals surface area contributed by atoms with Gasteiger partial charge in [0.15, 0.2) is 0 Å². The first-order chi connectivity index (χ1) is 12.2. The molecule has 0 amide bonds. The van der Waals surface area contributed by atoms with Gasteiger partial charge in [0.05, 0.1) is 5.69 Å². The van der Waals surface area contributed by atoms with E-state index in [1.165, 1.54) is 16.7 Å². The van der Waals surface area contributed by atoms with E-state index < -0.39 is 0 Å². The van der Waals surface area contributed by atoms with Crippen LogP contribution >= 0.6 is 0 Å². The molecule has 2 N–H and O–H groups in total. The Bertz CT molecular complexity index is 904. The second kappa shape index (κ2) is 6.55. The maximum Gasteiger partial charge on any atom is 0.222 e. The number of nitrogens with two attached hydrogens (primary N) is 1. The Morgan fingerprint density at radius 2 is 1.80 bits per heavy atom. The van der Waals surface area contributed by atoms with Gasteiger partial charge in [-0.15, -0.1) is 0 Å². The van der Waals surface area contributed by atoms with E-state index in [0.29, 0.717) is 5.95 Å². The van der Waals surface area contributed by atoms with Crippen LogP contribution in [0.5, 0.6) is 0 Å². The zero-order chi connectivity index (χ0) is 17.2. The summed E-state index contributed by atoms with van der Waals surface area (Å²) in [5.74, 6) is 1.23. The van der Waals surface area contributed by atoms with E-state index >= 15 is 0 Å². The number of rotatable bonds is 2. The van der Waals surface area contributed by atoms with Gasteiger partial charge in [0.25, 0.3) is 0 Å². The number of hydrogen-bond donors (Lipinski definition) is 1. The Balaban J connectivity index is 1.71. The van der Waals surface area contributed by atoms with Crippen molar-refractivity contribution in [3.63, 3.8) is 0 Å². The average molecular weight is 330 g/mol. The summed E-state index contributed by atoms with van der Waals surface area (Å²) < 4.78 is 0. The summed E-state index contributed by atoms with van der Waals surface area (Å²) >= 11 is 0. The summed E-state index contributed by atoms with van der Waals surface area (Å²) in [5.41, 5.74) is 12.0. The number of nitrogens with zero attached hydrogens (tertiary/aromatic N) is 3. The SMILES string of the molecule is Cc1cccc(-c2cc(N3CCCc4ccccc4C3)nc(N)n2)c1. The van der Waals surface area contributed by atoms with Crippen LogP contribution in [0.1, 0.15) is 23.1 Å². The van der Waals surface area contributed by atoms with Gasteiger partial charge in [0, 0.05) is 24.7 Å². The van der Waals surface area contributed by atoms with E-state index in [0.717, 1.165) is 43.0 Å². The number of nitrogen functional groups attached to an aromatic ring is 1. The van der Waals surface area contributed by atoms with E-state index in [9.17, 15) is 0 Å². The fourth-order valence-electron chi connectivity index (χ4n) is 3.46. The van der Waals surface area contributed by atoms with Gasteiger partial charge in [-0.25, -0.2) is 4.98 Å². The molecule has 0 saturated carbocycles. The van der Waals surface area contributed by atoms with Gasteiger partial charge >= 0.3 is 0 Å². The van der Waals surface area contributed by atoms with Crippen molar-refractivity contribution < 1.29 is 0 Å². The molecule has 126 valence electrons. The lowest BCUT2D eigenvalue weighted by Gasteiger charge is -2.22. The molecule has 0 saturated heterocycles. The summed E-state index contributed by atoms with van der Waals surface area (Å²) in [4.78, 5) is 11.3. The van der Waals surface area contributed by atoms with E-state index in [1.54, 1.807) is 0 Å². The fourth-order valence-corrected chi connectivity index (χ4v) is 3.46. The third kappa shape index (κ3) is 3.33. The molecule has 3 aromatic rings. The average Bonchev–Trinajstić information content (AvgIpc) is 2.83. The quantitative estimate of drug-likeness (QED) is 0.772. The van der Waals surface area contributed by atoms with Gasteiger partial charge in [-0.3, -0.25) is 0 Å². The monoisotopic (exact) mass is 330 g/mol. The summed E-state index contributed by atoms with van der Waals surface area (Å²) in [5, 5.41) is 0. The van der Waals surface area contributed by atoms with Gasteiger partial charge in [-0.05, 0) is 37.0 Å². The molecule has 2 heterocycles. The lowest BCUT2D eigenvalue weighted by atomic mass is 10.0. The molecule has 4 heteroatoms. The van der Waals surface area contributed by atoms with Crippen molar-refractivity contribution in [3.8, 4) is 11.3 Å². The molecule has 2 aromatic carbocycles. The van der Waals surface area contributed by atoms with Crippen molar-refractivity contribution >= 4 is 11.8 Å². The second-order valence-electron chi connectivity index (χ2n) is 6.63. The van der Waals surface area contributed by atoms with Gasteiger partial charge in [0.1, 0.15) is 5.82 Å². The van der Waals surface area contributed by atoms with Crippen LogP contribution in [0.2, 0.25) is 0 Å². The molecule has 1 aliphatic rings. The van der Waals surface area contributed by atoms with Crippen LogP contribution in [0.3, 0.4) is 0 Å². The molecular weight excluding hydrogens is 308 g/mol. The van der Waals surface area contributed by atoms with Crippen molar-refractivity contribution in [1.82, 2.24) is 9.97 Å². The smallest absolute Gasteiger partial charge is 0.222 e. The van der Waals surface area contributed by atoms with Gasteiger partial charge in [0.2, 0.25) is 5.95 Å². The first kappa shape index (κ1) is 15.6. The number of benzene rings is 2. The Morgan fingerprint density at radius 3 is 2.64 bits per heavy atom. The molecule has 0 unspecified atom stereocenters. The Morgan fingerprint density at radius 1 is 0.960 bits per heavy atom.